The van der Waals surface area contributed by atoms with Gasteiger partial charge in [-0.15, -0.1) is 0 Å². The molecular weight excluding hydrogens is 858 g/mol. The molecule has 0 aliphatic rings. The van der Waals surface area contributed by atoms with Gasteiger partial charge in [-0.1, -0.05) is 263 Å². The largest absolute Gasteiger partial charge is 0.472 e. The van der Waals surface area contributed by atoms with Crippen molar-refractivity contribution in [2.24, 2.45) is 0 Å². The van der Waals surface area contributed by atoms with Crippen LogP contribution < -0.4 is 5.32 Å². The van der Waals surface area contributed by atoms with Gasteiger partial charge >= 0.3 is 13.8 Å². The quantitative estimate of drug-likeness (QED) is 0.0238. The standard InChI is InChI=1S/C57H110NO8P/c1-3-5-7-9-11-13-15-17-19-21-23-25-27-29-31-33-35-37-39-41-43-45-47-49-56(60)58-51-52-65-67(62,63)66-54-55(59)53-64-57(61)50-48-46-44-42-40-38-36-34-32-30-28-26-24-22-20-18-16-14-12-10-8-6-4-2/h12,14,18,20,55,59H,3-11,13,15-17,19,21-54H2,1-2H3,(H,58,60)(H,62,63)/b14-12-,20-18-. The van der Waals surface area contributed by atoms with Crippen molar-refractivity contribution < 1.29 is 37.9 Å². The predicted octanol–water partition coefficient (Wildman–Crippen LogP) is 17.5. The third kappa shape index (κ3) is 55.3. The zero-order chi connectivity index (χ0) is 48.8. The molecule has 0 fully saturated rings. The van der Waals surface area contributed by atoms with Crippen LogP contribution >= 0.6 is 7.82 Å². The maximum atomic E-state index is 12.2. The summed E-state index contributed by atoms with van der Waals surface area (Å²) in [5.74, 6) is -0.502. The summed E-state index contributed by atoms with van der Waals surface area (Å²) >= 11 is 0. The summed E-state index contributed by atoms with van der Waals surface area (Å²) in [5, 5.41) is 12.8. The second kappa shape index (κ2) is 53.8. The third-order valence-corrected chi connectivity index (χ3v) is 13.9. The van der Waals surface area contributed by atoms with Crippen LogP contribution in [0, 0.1) is 0 Å². The van der Waals surface area contributed by atoms with Crippen molar-refractivity contribution in [2.75, 3.05) is 26.4 Å². The van der Waals surface area contributed by atoms with Crippen LogP contribution in [0.5, 0.6) is 0 Å². The Morgan fingerprint density at radius 1 is 0.463 bits per heavy atom. The zero-order valence-corrected chi connectivity index (χ0v) is 45.0. The third-order valence-electron chi connectivity index (χ3n) is 12.9. The number of amides is 1. The number of unbranched alkanes of at least 4 members (excludes halogenated alkanes) is 38. The molecule has 2 unspecified atom stereocenters. The van der Waals surface area contributed by atoms with Gasteiger partial charge in [0.05, 0.1) is 13.2 Å². The molecule has 0 aromatic heterocycles. The van der Waals surface area contributed by atoms with Crippen LogP contribution in [0.4, 0.5) is 0 Å². The monoisotopic (exact) mass is 968 g/mol. The van der Waals surface area contributed by atoms with Crippen LogP contribution in [0.2, 0.25) is 0 Å². The highest BCUT2D eigenvalue weighted by Gasteiger charge is 2.23. The van der Waals surface area contributed by atoms with E-state index in [1.54, 1.807) is 0 Å². The van der Waals surface area contributed by atoms with Crippen LogP contribution in [0.1, 0.15) is 296 Å². The van der Waals surface area contributed by atoms with E-state index in [0.717, 1.165) is 44.9 Å². The van der Waals surface area contributed by atoms with Crippen molar-refractivity contribution in [1.82, 2.24) is 5.32 Å². The van der Waals surface area contributed by atoms with Gasteiger partial charge < -0.3 is 20.1 Å². The summed E-state index contributed by atoms with van der Waals surface area (Å²) in [6.07, 6.45) is 62.8. The lowest BCUT2D eigenvalue weighted by Gasteiger charge is -2.15. The number of ether oxygens (including phenoxy) is 1. The maximum Gasteiger partial charge on any atom is 0.472 e. The van der Waals surface area contributed by atoms with E-state index in [4.69, 9.17) is 13.8 Å². The van der Waals surface area contributed by atoms with E-state index in [-0.39, 0.29) is 32.1 Å². The minimum atomic E-state index is -4.42. The minimum absolute atomic E-state index is 0.0866. The van der Waals surface area contributed by atoms with Crippen molar-refractivity contribution in [2.45, 2.75) is 302 Å². The molecule has 9 nitrogen and oxygen atoms in total. The first-order valence-corrected chi connectivity index (χ1v) is 30.3. The lowest BCUT2D eigenvalue weighted by Crippen LogP contribution is -2.27. The highest BCUT2D eigenvalue weighted by Crippen LogP contribution is 2.43. The number of esters is 1. The number of hydrogen-bond donors (Lipinski definition) is 3. The highest BCUT2D eigenvalue weighted by atomic mass is 31.2. The van der Waals surface area contributed by atoms with Crippen LogP contribution in [-0.2, 0) is 27.9 Å². The van der Waals surface area contributed by atoms with E-state index in [1.165, 1.54) is 225 Å². The van der Waals surface area contributed by atoms with Crippen molar-refractivity contribution in [1.29, 1.82) is 0 Å². The fourth-order valence-corrected chi connectivity index (χ4v) is 9.29. The summed E-state index contributed by atoms with van der Waals surface area (Å²) < 4.78 is 27.1. The van der Waals surface area contributed by atoms with Gasteiger partial charge in [-0.25, -0.2) is 4.57 Å². The number of aliphatic hydroxyl groups excluding tert-OH is 1. The molecule has 0 saturated carbocycles. The molecule has 0 bridgehead atoms. The first-order chi connectivity index (χ1) is 32.8. The summed E-state index contributed by atoms with van der Waals surface area (Å²) in [7, 11) is -4.42. The Bertz CT molecular complexity index is 1150. The summed E-state index contributed by atoms with van der Waals surface area (Å²) in [6, 6.07) is 0. The fraction of sp³-hybridized carbons (Fsp3) is 0.895. The first kappa shape index (κ1) is 65.5. The van der Waals surface area contributed by atoms with Crippen molar-refractivity contribution in [3.05, 3.63) is 24.3 Å². The van der Waals surface area contributed by atoms with Crippen LogP contribution in [0.15, 0.2) is 24.3 Å². The zero-order valence-electron chi connectivity index (χ0n) is 44.1. The van der Waals surface area contributed by atoms with E-state index >= 15 is 0 Å². The lowest BCUT2D eigenvalue weighted by molar-refractivity contribution is -0.147. The molecule has 67 heavy (non-hydrogen) atoms. The average molecular weight is 968 g/mol. The second-order valence-electron chi connectivity index (χ2n) is 19.6. The molecule has 0 aromatic rings. The van der Waals surface area contributed by atoms with E-state index in [2.05, 4.69) is 43.5 Å². The number of carbonyl (C=O) groups excluding carboxylic acids is 2. The van der Waals surface area contributed by atoms with E-state index < -0.39 is 26.5 Å². The molecule has 0 rings (SSSR count). The van der Waals surface area contributed by atoms with Crippen molar-refractivity contribution in [3.63, 3.8) is 0 Å². The van der Waals surface area contributed by atoms with Gasteiger partial charge in [0, 0.05) is 19.4 Å². The van der Waals surface area contributed by atoms with Gasteiger partial charge in [-0.3, -0.25) is 18.6 Å². The first-order valence-electron chi connectivity index (χ1n) is 28.8. The predicted molar refractivity (Wildman–Crippen MR) is 284 cm³/mol. The number of phosphoric ester groups is 1. The normalized spacial score (nSPS) is 13.2. The molecule has 0 spiro atoms. The molecule has 0 aliphatic heterocycles. The number of allylic oxidation sites excluding steroid dienone is 4. The number of carbonyl (C=O) groups is 2. The molecule has 0 radical (unpaired) electrons. The summed E-state index contributed by atoms with van der Waals surface area (Å²) in [4.78, 5) is 34.2. The molecule has 0 aliphatic carbocycles. The number of nitrogens with one attached hydrogen (secondary N) is 1. The number of hydrogen-bond acceptors (Lipinski definition) is 7. The average Bonchev–Trinajstić information content (AvgIpc) is 3.32. The molecule has 2 atom stereocenters. The lowest BCUT2D eigenvalue weighted by atomic mass is 10.0. The Kier molecular flexibility index (Phi) is 52.6. The van der Waals surface area contributed by atoms with Crippen LogP contribution in [0.25, 0.3) is 0 Å². The number of rotatable bonds is 55. The highest BCUT2D eigenvalue weighted by molar-refractivity contribution is 7.47. The van der Waals surface area contributed by atoms with Crippen LogP contribution in [0.3, 0.4) is 0 Å². The van der Waals surface area contributed by atoms with E-state index in [1.807, 2.05) is 0 Å². The molecule has 1 amide bonds. The van der Waals surface area contributed by atoms with Crippen molar-refractivity contribution >= 4 is 19.7 Å². The molecule has 10 heteroatoms. The Morgan fingerprint density at radius 2 is 0.806 bits per heavy atom. The van der Waals surface area contributed by atoms with Crippen LogP contribution in [-0.4, -0.2) is 54.3 Å². The topological polar surface area (TPSA) is 131 Å². The minimum Gasteiger partial charge on any atom is -0.463 e. The van der Waals surface area contributed by atoms with Gasteiger partial charge in [0.15, 0.2) is 0 Å². The van der Waals surface area contributed by atoms with E-state index in [0.29, 0.717) is 6.42 Å². The van der Waals surface area contributed by atoms with Gasteiger partial charge in [-0.05, 0) is 44.9 Å². The maximum absolute atomic E-state index is 12.2. The summed E-state index contributed by atoms with van der Waals surface area (Å²) in [5.41, 5.74) is 0. The smallest absolute Gasteiger partial charge is 0.463 e. The number of phosphoric acid groups is 1. The molecule has 396 valence electrons. The van der Waals surface area contributed by atoms with Gasteiger partial charge in [-0.2, -0.15) is 0 Å². The molecule has 0 aromatic carbocycles. The second-order valence-corrected chi connectivity index (χ2v) is 21.1. The fourth-order valence-electron chi connectivity index (χ4n) is 8.53. The molecule has 0 saturated heterocycles. The number of aliphatic hydroxyl groups is 1. The van der Waals surface area contributed by atoms with Gasteiger partial charge in [0.2, 0.25) is 5.91 Å². The Morgan fingerprint density at radius 3 is 1.22 bits per heavy atom. The SMILES string of the molecule is CCCCC/C=C\C/C=C\CCCCCCCCCCCCCCCC(=O)OCC(O)COP(=O)(O)OCCNC(=O)CCCCCCCCCCCCCCCCCCCCCCCCC. The summed E-state index contributed by atoms with van der Waals surface area (Å²) in [6.45, 7) is 3.60. The van der Waals surface area contributed by atoms with Gasteiger partial charge in [0.25, 0.3) is 0 Å². The van der Waals surface area contributed by atoms with E-state index in [9.17, 15) is 24.2 Å². The van der Waals surface area contributed by atoms with Gasteiger partial charge in [0.1, 0.15) is 12.7 Å². The van der Waals surface area contributed by atoms with Crippen molar-refractivity contribution in [3.8, 4) is 0 Å². The molecular formula is C57H110NO8P. The molecule has 0 heterocycles. The Labute approximate surface area is 414 Å². The molecule has 3 N–H and O–H groups in total. The Hall–Kier alpha value is -1.51. The Balaban J connectivity index is 3.49.